The second-order valence-corrected chi connectivity index (χ2v) is 4.53. The van der Waals surface area contributed by atoms with E-state index in [0.717, 1.165) is 12.2 Å². The third kappa shape index (κ3) is 3.40. The number of aromatic nitrogens is 2. The van der Waals surface area contributed by atoms with Crippen LogP contribution in [0.25, 0.3) is 0 Å². The maximum atomic E-state index is 11.5. The molecule has 0 aliphatic heterocycles. The number of esters is 1. The van der Waals surface area contributed by atoms with Crippen LogP contribution in [0.4, 0.5) is 11.4 Å². The molecule has 0 fully saturated rings. The second-order valence-electron chi connectivity index (χ2n) is 4.53. The fourth-order valence-electron chi connectivity index (χ4n) is 1.94. The van der Waals surface area contributed by atoms with Crippen LogP contribution in [0.2, 0.25) is 0 Å². The van der Waals surface area contributed by atoms with E-state index in [2.05, 4.69) is 15.0 Å². The maximum absolute atomic E-state index is 11.5. The Hall–Kier alpha value is -2.90. The molecule has 1 heterocycles. The van der Waals surface area contributed by atoms with Gasteiger partial charge in [-0.05, 0) is 19.1 Å². The summed E-state index contributed by atoms with van der Waals surface area (Å²) in [6.07, 6.45) is 3.54. The third-order valence-electron chi connectivity index (χ3n) is 3.13. The molecule has 0 saturated carbocycles. The number of carbonyl (C=O) groups excluding carboxylic acids is 1. The number of hydrogen-bond acceptors (Lipinski definition) is 6. The molecule has 8 heteroatoms. The van der Waals surface area contributed by atoms with Crippen molar-refractivity contribution in [2.24, 2.45) is 0 Å². The molecular formula is C14H16N4O4. The molecule has 2 rings (SSSR count). The Labute approximate surface area is 126 Å². The van der Waals surface area contributed by atoms with Crippen LogP contribution in [0.1, 0.15) is 23.0 Å². The summed E-state index contributed by atoms with van der Waals surface area (Å²) in [5.41, 5.74) is 1.14. The van der Waals surface area contributed by atoms with E-state index in [1.54, 1.807) is 6.33 Å². The van der Waals surface area contributed by atoms with Crippen LogP contribution in [0, 0.1) is 10.1 Å². The molecule has 1 aromatic carbocycles. The van der Waals surface area contributed by atoms with Crippen LogP contribution < -0.4 is 5.32 Å². The van der Waals surface area contributed by atoms with E-state index < -0.39 is 10.9 Å². The average molecular weight is 304 g/mol. The second kappa shape index (κ2) is 6.70. The molecule has 0 aliphatic rings. The van der Waals surface area contributed by atoms with Gasteiger partial charge in [-0.1, -0.05) is 0 Å². The smallest absolute Gasteiger partial charge is 0.337 e. The molecule has 2 aromatic rings. The molecule has 22 heavy (non-hydrogen) atoms. The van der Waals surface area contributed by atoms with E-state index in [1.807, 2.05) is 17.7 Å². The number of hydrogen-bond donors (Lipinski definition) is 1. The summed E-state index contributed by atoms with van der Waals surface area (Å²) in [6, 6.07) is 4.04. The molecular weight excluding hydrogens is 288 g/mol. The molecule has 0 saturated heterocycles. The Balaban J connectivity index is 2.22. The highest BCUT2D eigenvalue weighted by atomic mass is 16.6. The lowest BCUT2D eigenvalue weighted by Crippen LogP contribution is -2.06. The van der Waals surface area contributed by atoms with Crippen LogP contribution in [0.5, 0.6) is 0 Å². The van der Waals surface area contributed by atoms with Gasteiger partial charge in [0.05, 0.1) is 36.2 Å². The molecule has 0 amide bonds. The fraction of sp³-hybridized carbons (Fsp3) is 0.286. The Morgan fingerprint density at radius 2 is 2.27 bits per heavy atom. The minimum Gasteiger partial charge on any atom is -0.465 e. The lowest BCUT2D eigenvalue weighted by molar-refractivity contribution is -0.384. The molecule has 1 N–H and O–H groups in total. The van der Waals surface area contributed by atoms with Crippen LogP contribution in [-0.4, -0.2) is 27.6 Å². The minimum atomic E-state index is -0.548. The summed E-state index contributed by atoms with van der Waals surface area (Å²) in [4.78, 5) is 26.3. The summed E-state index contributed by atoms with van der Waals surface area (Å²) in [7, 11) is 1.26. The van der Waals surface area contributed by atoms with Gasteiger partial charge in [0.1, 0.15) is 5.69 Å². The zero-order chi connectivity index (χ0) is 16.1. The molecule has 0 atom stereocenters. The van der Waals surface area contributed by atoms with Gasteiger partial charge in [0, 0.05) is 18.8 Å². The van der Waals surface area contributed by atoms with Crippen LogP contribution in [0.15, 0.2) is 30.7 Å². The van der Waals surface area contributed by atoms with Gasteiger partial charge in [0.25, 0.3) is 5.69 Å². The third-order valence-corrected chi connectivity index (χ3v) is 3.13. The van der Waals surface area contributed by atoms with Crippen molar-refractivity contribution in [3.05, 3.63) is 52.1 Å². The first-order chi connectivity index (χ1) is 10.5. The normalized spacial score (nSPS) is 10.3. The van der Waals surface area contributed by atoms with Crippen molar-refractivity contribution in [2.75, 3.05) is 12.4 Å². The SMILES string of the molecule is CCn1cnc(CNc2cc(C(=O)OC)ccc2[N+](=O)[O-])c1. The Morgan fingerprint density at radius 3 is 2.86 bits per heavy atom. The summed E-state index contributed by atoms with van der Waals surface area (Å²) < 4.78 is 6.52. The average Bonchev–Trinajstić information content (AvgIpc) is 2.99. The summed E-state index contributed by atoms with van der Waals surface area (Å²) >= 11 is 0. The number of aryl methyl sites for hydroxylation is 1. The lowest BCUT2D eigenvalue weighted by Gasteiger charge is -2.07. The van der Waals surface area contributed by atoms with E-state index in [4.69, 9.17) is 0 Å². The largest absolute Gasteiger partial charge is 0.465 e. The van der Waals surface area contributed by atoms with Crippen LogP contribution >= 0.6 is 0 Å². The van der Waals surface area contributed by atoms with Gasteiger partial charge in [-0.2, -0.15) is 0 Å². The van der Waals surface area contributed by atoms with Gasteiger partial charge < -0.3 is 14.6 Å². The number of rotatable bonds is 6. The maximum Gasteiger partial charge on any atom is 0.337 e. The van der Waals surface area contributed by atoms with E-state index in [1.165, 1.54) is 25.3 Å². The standard InChI is InChI=1S/C14H16N4O4/c1-3-17-8-11(16-9-17)7-15-12-6-10(14(19)22-2)4-5-13(12)18(20)21/h4-6,8-9,15H,3,7H2,1-2H3. The number of methoxy groups -OCH3 is 1. The molecule has 0 aliphatic carbocycles. The van der Waals surface area contributed by atoms with Gasteiger partial charge >= 0.3 is 5.97 Å². The molecule has 0 unspecified atom stereocenters. The minimum absolute atomic E-state index is 0.109. The quantitative estimate of drug-likeness (QED) is 0.499. The summed E-state index contributed by atoms with van der Waals surface area (Å²) in [5, 5.41) is 14.0. The first-order valence-electron chi connectivity index (χ1n) is 6.66. The zero-order valence-corrected chi connectivity index (χ0v) is 12.3. The number of ether oxygens (including phenoxy) is 1. The van der Waals surface area contributed by atoms with Crippen molar-refractivity contribution in [2.45, 2.75) is 20.0 Å². The molecule has 1 aromatic heterocycles. The molecule has 0 spiro atoms. The Kier molecular flexibility index (Phi) is 4.72. The van der Waals surface area contributed by atoms with Crippen molar-refractivity contribution in [3.8, 4) is 0 Å². The van der Waals surface area contributed by atoms with E-state index in [0.29, 0.717) is 6.54 Å². The van der Waals surface area contributed by atoms with E-state index in [9.17, 15) is 14.9 Å². The number of nitrogens with zero attached hydrogens (tertiary/aromatic N) is 3. The predicted molar refractivity (Wildman–Crippen MR) is 79.7 cm³/mol. The highest BCUT2D eigenvalue weighted by molar-refractivity contribution is 5.91. The number of imidazole rings is 1. The van der Waals surface area contributed by atoms with Gasteiger partial charge in [0.2, 0.25) is 0 Å². The number of anilines is 1. The molecule has 0 bridgehead atoms. The van der Waals surface area contributed by atoms with E-state index >= 15 is 0 Å². The Bertz CT molecular complexity index is 696. The zero-order valence-electron chi connectivity index (χ0n) is 12.3. The lowest BCUT2D eigenvalue weighted by atomic mass is 10.1. The first kappa shape index (κ1) is 15.5. The van der Waals surface area contributed by atoms with Gasteiger partial charge in [0.15, 0.2) is 0 Å². The van der Waals surface area contributed by atoms with E-state index in [-0.39, 0.29) is 16.9 Å². The number of nitro groups is 1. The topological polar surface area (TPSA) is 99.3 Å². The van der Waals surface area contributed by atoms with Crippen molar-refractivity contribution < 1.29 is 14.5 Å². The van der Waals surface area contributed by atoms with Crippen LogP contribution in [-0.2, 0) is 17.8 Å². The van der Waals surface area contributed by atoms with Crippen molar-refractivity contribution >= 4 is 17.3 Å². The van der Waals surface area contributed by atoms with Gasteiger partial charge in [-0.3, -0.25) is 10.1 Å². The molecule has 116 valence electrons. The monoisotopic (exact) mass is 304 g/mol. The number of carbonyl (C=O) groups is 1. The first-order valence-corrected chi connectivity index (χ1v) is 6.66. The molecule has 0 radical (unpaired) electrons. The fourth-order valence-corrected chi connectivity index (χ4v) is 1.94. The van der Waals surface area contributed by atoms with Crippen molar-refractivity contribution in [3.63, 3.8) is 0 Å². The summed E-state index contributed by atoms with van der Waals surface area (Å²) in [5.74, 6) is -0.548. The van der Waals surface area contributed by atoms with Gasteiger partial charge in [-0.25, -0.2) is 9.78 Å². The Morgan fingerprint density at radius 1 is 1.50 bits per heavy atom. The highest BCUT2D eigenvalue weighted by Crippen LogP contribution is 2.26. The number of nitro benzene ring substituents is 1. The summed E-state index contributed by atoms with van der Waals surface area (Å²) in [6.45, 7) is 3.10. The number of benzene rings is 1. The number of nitrogens with one attached hydrogen (secondary N) is 1. The van der Waals surface area contributed by atoms with Gasteiger partial charge in [-0.15, -0.1) is 0 Å². The van der Waals surface area contributed by atoms with Crippen molar-refractivity contribution in [1.82, 2.24) is 9.55 Å². The molecule has 8 nitrogen and oxygen atoms in total. The predicted octanol–water partition coefficient (Wildman–Crippen LogP) is 2.21. The highest BCUT2D eigenvalue weighted by Gasteiger charge is 2.17. The van der Waals surface area contributed by atoms with Crippen molar-refractivity contribution in [1.29, 1.82) is 0 Å². The van der Waals surface area contributed by atoms with Crippen LogP contribution in [0.3, 0.4) is 0 Å².